The van der Waals surface area contributed by atoms with Crippen molar-refractivity contribution >= 4 is 0 Å². The molecule has 1 aliphatic rings. The fourth-order valence-electron chi connectivity index (χ4n) is 1.82. The Morgan fingerprint density at radius 1 is 1.36 bits per heavy atom. The molecule has 0 bridgehead atoms. The third kappa shape index (κ3) is 1.64. The maximum Gasteiger partial charge on any atom is 0.0994 e. The smallest absolute Gasteiger partial charge is 0.0994 e. The first-order valence-corrected chi connectivity index (χ1v) is 4.98. The van der Waals surface area contributed by atoms with Gasteiger partial charge in [0, 0.05) is 0 Å². The second-order valence-corrected chi connectivity index (χ2v) is 4.15. The Labute approximate surface area is 84.3 Å². The van der Waals surface area contributed by atoms with Crippen molar-refractivity contribution in [3.63, 3.8) is 0 Å². The van der Waals surface area contributed by atoms with Crippen molar-refractivity contribution in [3.8, 4) is 6.07 Å². The summed E-state index contributed by atoms with van der Waals surface area (Å²) in [6.45, 7) is 0.743. The molecule has 0 aromatic heterocycles. The Bertz CT molecular complexity index is 372. The molecular formula is C12H14N2. The van der Waals surface area contributed by atoms with Crippen LogP contribution in [0.2, 0.25) is 0 Å². The van der Waals surface area contributed by atoms with E-state index in [0.717, 1.165) is 24.1 Å². The minimum Gasteiger partial charge on any atom is -0.330 e. The molecule has 0 saturated heterocycles. The average molecular weight is 186 g/mol. The lowest BCUT2D eigenvalue weighted by Crippen LogP contribution is -2.18. The number of nitrogens with two attached hydrogens (primary N) is 1. The summed E-state index contributed by atoms with van der Waals surface area (Å²) >= 11 is 0. The molecule has 1 saturated carbocycles. The zero-order valence-electron chi connectivity index (χ0n) is 8.16. The number of hydrogen-bond acceptors (Lipinski definition) is 2. The number of nitriles is 1. The first-order valence-electron chi connectivity index (χ1n) is 4.98. The van der Waals surface area contributed by atoms with Crippen molar-refractivity contribution in [2.24, 2.45) is 11.1 Å². The van der Waals surface area contributed by atoms with E-state index in [1.54, 1.807) is 0 Å². The number of nitrogens with zero attached hydrogens (tertiary/aromatic N) is 1. The van der Waals surface area contributed by atoms with Crippen LogP contribution in [0.15, 0.2) is 24.3 Å². The Hall–Kier alpha value is -1.33. The topological polar surface area (TPSA) is 49.8 Å². The van der Waals surface area contributed by atoms with Crippen LogP contribution in [0.5, 0.6) is 0 Å². The molecule has 72 valence electrons. The fourth-order valence-corrected chi connectivity index (χ4v) is 1.82. The van der Waals surface area contributed by atoms with E-state index in [2.05, 4.69) is 6.07 Å². The Morgan fingerprint density at radius 3 is 2.64 bits per heavy atom. The van der Waals surface area contributed by atoms with Gasteiger partial charge in [-0.3, -0.25) is 0 Å². The van der Waals surface area contributed by atoms with E-state index in [4.69, 9.17) is 11.0 Å². The van der Waals surface area contributed by atoms with Crippen LogP contribution in [-0.2, 0) is 6.42 Å². The molecule has 2 nitrogen and oxygen atoms in total. The van der Waals surface area contributed by atoms with Crippen molar-refractivity contribution in [1.82, 2.24) is 0 Å². The standard InChI is InChI=1S/C12H14N2/c13-8-11-4-2-1-3-10(11)7-12(9-14)5-6-12/h1-4H,5-7,9,14H2. The lowest BCUT2D eigenvalue weighted by atomic mass is 9.94. The highest BCUT2D eigenvalue weighted by molar-refractivity contribution is 5.38. The molecule has 0 spiro atoms. The Balaban J connectivity index is 2.21. The van der Waals surface area contributed by atoms with Crippen LogP contribution in [0.3, 0.4) is 0 Å². The van der Waals surface area contributed by atoms with E-state index in [1.807, 2.05) is 24.3 Å². The van der Waals surface area contributed by atoms with Gasteiger partial charge >= 0.3 is 0 Å². The normalized spacial score (nSPS) is 17.4. The molecule has 1 fully saturated rings. The summed E-state index contributed by atoms with van der Waals surface area (Å²) in [4.78, 5) is 0. The van der Waals surface area contributed by atoms with Crippen LogP contribution in [0.25, 0.3) is 0 Å². The van der Waals surface area contributed by atoms with Crippen molar-refractivity contribution in [3.05, 3.63) is 35.4 Å². The van der Waals surface area contributed by atoms with Crippen molar-refractivity contribution in [2.45, 2.75) is 19.3 Å². The van der Waals surface area contributed by atoms with Crippen LogP contribution in [0.1, 0.15) is 24.0 Å². The van der Waals surface area contributed by atoms with Crippen LogP contribution in [-0.4, -0.2) is 6.54 Å². The monoisotopic (exact) mass is 186 g/mol. The third-order valence-electron chi connectivity index (χ3n) is 3.09. The molecule has 0 atom stereocenters. The highest BCUT2D eigenvalue weighted by Crippen LogP contribution is 2.47. The summed E-state index contributed by atoms with van der Waals surface area (Å²) in [6.07, 6.45) is 3.39. The van der Waals surface area contributed by atoms with Gasteiger partial charge in [-0.25, -0.2) is 0 Å². The highest BCUT2D eigenvalue weighted by atomic mass is 14.6. The molecule has 0 radical (unpaired) electrons. The van der Waals surface area contributed by atoms with E-state index in [1.165, 1.54) is 12.8 Å². The predicted molar refractivity (Wildman–Crippen MR) is 55.6 cm³/mol. The molecular weight excluding hydrogens is 172 g/mol. The minimum absolute atomic E-state index is 0.312. The third-order valence-corrected chi connectivity index (χ3v) is 3.09. The molecule has 2 rings (SSSR count). The fraction of sp³-hybridized carbons (Fsp3) is 0.417. The van der Waals surface area contributed by atoms with E-state index in [9.17, 15) is 0 Å². The summed E-state index contributed by atoms with van der Waals surface area (Å²) in [5, 5.41) is 8.93. The molecule has 1 aliphatic carbocycles. The molecule has 1 aromatic carbocycles. The van der Waals surface area contributed by atoms with Gasteiger partial charge < -0.3 is 5.73 Å². The highest BCUT2D eigenvalue weighted by Gasteiger charge is 2.41. The van der Waals surface area contributed by atoms with Crippen LogP contribution >= 0.6 is 0 Å². The lowest BCUT2D eigenvalue weighted by molar-refractivity contribution is 0.520. The van der Waals surface area contributed by atoms with Crippen molar-refractivity contribution in [2.75, 3.05) is 6.54 Å². The van der Waals surface area contributed by atoms with E-state index in [-0.39, 0.29) is 0 Å². The maximum absolute atomic E-state index is 8.93. The predicted octanol–water partition coefficient (Wildman–Crippen LogP) is 1.84. The van der Waals surface area contributed by atoms with Gasteiger partial charge in [0.15, 0.2) is 0 Å². The molecule has 0 amide bonds. The van der Waals surface area contributed by atoms with E-state index < -0.39 is 0 Å². The van der Waals surface area contributed by atoms with Crippen molar-refractivity contribution < 1.29 is 0 Å². The van der Waals surface area contributed by atoms with E-state index in [0.29, 0.717) is 5.41 Å². The van der Waals surface area contributed by atoms with Gasteiger partial charge in [0.25, 0.3) is 0 Å². The zero-order chi connectivity index (χ0) is 10.0. The molecule has 0 heterocycles. The maximum atomic E-state index is 8.93. The summed E-state index contributed by atoms with van der Waals surface area (Å²) in [5.41, 5.74) is 7.99. The van der Waals surface area contributed by atoms with E-state index >= 15 is 0 Å². The van der Waals surface area contributed by atoms with Gasteiger partial charge in [0.2, 0.25) is 0 Å². The van der Waals surface area contributed by atoms with Gasteiger partial charge in [-0.15, -0.1) is 0 Å². The summed E-state index contributed by atoms with van der Waals surface area (Å²) in [6, 6.07) is 10.0. The van der Waals surface area contributed by atoms with Gasteiger partial charge in [-0.1, -0.05) is 18.2 Å². The molecule has 0 aliphatic heterocycles. The summed E-state index contributed by atoms with van der Waals surface area (Å²) in [7, 11) is 0. The zero-order valence-corrected chi connectivity index (χ0v) is 8.16. The van der Waals surface area contributed by atoms with Crippen molar-refractivity contribution in [1.29, 1.82) is 5.26 Å². The number of benzene rings is 1. The Morgan fingerprint density at radius 2 is 2.07 bits per heavy atom. The second kappa shape index (κ2) is 3.43. The second-order valence-electron chi connectivity index (χ2n) is 4.15. The van der Waals surface area contributed by atoms with Crippen LogP contribution in [0.4, 0.5) is 0 Å². The molecule has 1 aromatic rings. The molecule has 0 unspecified atom stereocenters. The van der Waals surface area contributed by atoms with Crippen LogP contribution in [0, 0.1) is 16.7 Å². The van der Waals surface area contributed by atoms with Gasteiger partial charge in [-0.05, 0) is 42.9 Å². The quantitative estimate of drug-likeness (QED) is 0.783. The van der Waals surface area contributed by atoms with Crippen LogP contribution < -0.4 is 5.73 Å². The molecule has 2 N–H and O–H groups in total. The number of hydrogen-bond donors (Lipinski definition) is 1. The first-order chi connectivity index (χ1) is 6.79. The SMILES string of the molecule is N#Cc1ccccc1CC1(CN)CC1. The lowest BCUT2D eigenvalue weighted by Gasteiger charge is -2.12. The van der Waals surface area contributed by atoms with Gasteiger partial charge in [0.1, 0.15) is 0 Å². The molecule has 2 heteroatoms. The van der Waals surface area contributed by atoms with Gasteiger partial charge in [-0.2, -0.15) is 5.26 Å². The number of rotatable bonds is 3. The largest absolute Gasteiger partial charge is 0.330 e. The average Bonchev–Trinajstić information content (AvgIpc) is 2.99. The van der Waals surface area contributed by atoms with Gasteiger partial charge in [0.05, 0.1) is 11.6 Å². The summed E-state index contributed by atoms with van der Waals surface area (Å²) in [5.74, 6) is 0. The first kappa shape index (κ1) is 9.23. The summed E-state index contributed by atoms with van der Waals surface area (Å²) < 4.78 is 0. The molecule has 14 heavy (non-hydrogen) atoms. The minimum atomic E-state index is 0.312. The Kier molecular flexibility index (Phi) is 2.26.